The zero-order valence-corrected chi connectivity index (χ0v) is 15.9. The zero-order chi connectivity index (χ0) is 20.1. The van der Waals surface area contributed by atoms with E-state index in [1.807, 2.05) is 0 Å². The van der Waals surface area contributed by atoms with E-state index < -0.39 is 5.91 Å². The number of anilines is 3. The fraction of sp³-hybridized carbons (Fsp3) is 0.333. The van der Waals surface area contributed by atoms with Gasteiger partial charge in [-0.3, -0.25) is 14.6 Å². The van der Waals surface area contributed by atoms with Crippen LogP contribution >= 0.6 is 11.5 Å². The first-order valence-corrected chi connectivity index (χ1v) is 8.61. The molecular weight excluding hydrogens is 372 g/mol. The summed E-state index contributed by atoms with van der Waals surface area (Å²) in [7, 11) is 3.23. The van der Waals surface area contributed by atoms with Gasteiger partial charge in [0.1, 0.15) is 17.0 Å². The van der Waals surface area contributed by atoms with Gasteiger partial charge in [0, 0.05) is 26.6 Å². The molecule has 0 fully saturated rings. The van der Waals surface area contributed by atoms with E-state index in [1.165, 1.54) is 22.2 Å². The summed E-state index contributed by atoms with van der Waals surface area (Å²) in [6, 6.07) is 1.21. The van der Waals surface area contributed by atoms with E-state index in [-0.39, 0.29) is 41.4 Å². The summed E-state index contributed by atoms with van der Waals surface area (Å²) in [5.41, 5.74) is 5.50. The fourth-order valence-corrected chi connectivity index (χ4v) is 2.67. The number of hydrogen-bond donors (Lipinski definition) is 3. The van der Waals surface area contributed by atoms with Crippen molar-refractivity contribution in [2.24, 2.45) is 11.6 Å². The van der Waals surface area contributed by atoms with Crippen LogP contribution in [0.25, 0.3) is 0 Å². The van der Waals surface area contributed by atoms with Gasteiger partial charge in [-0.2, -0.15) is 4.37 Å². The summed E-state index contributed by atoms with van der Waals surface area (Å²) in [6.45, 7) is 1.74. The van der Waals surface area contributed by atoms with Crippen molar-refractivity contribution in [2.75, 3.05) is 24.4 Å². The lowest BCUT2D eigenvalue weighted by Gasteiger charge is -2.23. The molecule has 2 aromatic rings. The number of nitrogens with zero attached hydrogens (tertiary/aromatic N) is 5. The molecule has 0 radical (unpaired) electrons. The number of hydrogen-bond acceptors (Lipinski definition) is 10. The lowest BCUT2D eigenvalue weighted by Crippen LogP contribution is -2.40. The minimum absolute atomic E-state index is 0.0706. The predicted octanol–water partition coefficient (Wildman–Crippen LogP) is 0.135. The maximum atomic E-state index is 12.0. The summed E-state index contributed by atoms with van der Waals surface area (Å²) in [4.78, 5) is 44.0. The fourth-order valence-electron chi connectivity index (χ4n) is 2.03. The lowest BCUT2D eigenvalue weighted by molar-refractivity contribution is -0.108. The van der Waals surface area contributed by atoms with Crippen molar-refractivity contribution in [3.63, 3.8) is 0 Å². The van der Waals surface area contributed by atoms with Gasteiger partial charge in [-0.05, 0) is 18.5 Å². The maximum absolute atomic E-state index is 12.0. The zero-order valence-electron chi connectivity index (χ0n) is 15.0. The van der Waals surface area contributed by atoms with Crippen LogP contribution in [0.15, 0.2) is 12.3 Å². The maximum Gasteiger partial charge on any atom is 0.273 e. The molecule has 0 aliphatic heterocycles. The van der Waals surface area contributed by atoms with E-state index in [9.17, 15) is 14.4 Å². The quantitative estimate of drug-likeness (QED) is 0.322. The molecule has 0 spiro atoms. The van der Waals surface area contributed by atoms with Gasteiger partial charge < -0.3 is 20.7 Å². The minimum Gasteiger partial charge on any atom is -0.364 e. The molecule has 12 heteroatoms. The Bertz CT molecular complexity index is 853. The second kappa shape index (κ2) is 8.51. The molecule has 2 amide bonds. The standard InChI is InChI=1S/C15H20N8O3S/c1-8(4-5-24)23(17)10-7-18-12(13(16)25)14(19-10)20-11-6-9(21-27-11)15(26)22(2)3/h5-8H,4,17H2,1-3H3,(H2,16,25)(H,19,20). The Morgan fingerprint density at radius 3 is 2.70 bits per heavy atom. The number of primary amides is 1. The number of aromatic nitrogens is 3. The molecule has 2 rings (SSSR count). The van der Waals surface area contributed by atoms with E-state index in [4.69, 9.17) is 11.6 Å². The van der Waals surface area contributed by atoms with E-state index in [1.54, 1.807) is 21.0 Å². The third kappa shape index (κ3) is 4.74. The summed E-state index contributed by atoms with van der Waals surface area (Å²) in [5, 5.41) is 4.63. The van der Waals surface area contributed by atoms with E-state index in [0.29, 0.717) is 5.00 Å². The van der Waals surface area contributed by atoms with Crippen molar-refractivity contribution in [3.05, 3.63) is 23.7 Å². The van der Waals surface area contributed by atoms with Gasteiger partial charge in [-0.1, -0.05) is 0 Å². The van der Waals surface area contributed by atoms with Crippen LogP contribution < -0.4 is 21.9 Å². The minimum atomic E-state index is -0.782. The first-order valence-electron chi connectivity index (χ1n) is 7.84. The molecule has 5 N–H and O–H groups in total. The van der Waals surface area contributed by atoms with Crippen LogP contribution in [0, 0.1) is 0 Å². The molecule has 1 unspecified atom stereocenters. The average molecular weight is 392 g/mol. The molecular formula is C15H20N8O3S. The summed E-state index contributed by atoms with van der Waals surface area (Å²) in [6.07, 6.45) is 2.24. The number of rotatable bonds is 8. The van der Waals surface area contributed by atoms with Crippen molar-refractivity contribution in [1.29, 1.82) is 0 Å². The number of carbonyl (C=O) groups excluding carboxylic acids is 3. The first kappa shape index (κ1) is 20.2. The van der Waals surface area contributed by atoms with Gasteiger partial charge in [-0.15, -0.1) is 0 Å². The van der Waals surface area contributed by atoms with Crippen molar-refractivity contribution >= 4 is 46.3 Å². The largest absolute Gasteiger partial charge is 0.364 e. The molecule has 2 heterocycles. The van der Waals surface area contributed by atoms with E-state index in [2.05, 4.69) is 19.7 Å². The van der Waals surface area contributed by atoms with E-state index >= 15 is 0 Å². The van der Waals surface area contributed by atoms with Crippen molar-refractivity contribution in [3.8, 4) is 0 Å². The summed E-state index contributed by atoms with van der Waals surface area (Å²) >= 11 is 1.02. The highest BCUT2D eigenvalue weighted by atomic mass is 32.1. The third-order valence-electron chi connectivity index (χ3n) is 3.55. The molecule has 11 nitrogen and oxygen atoms in total. The highest BCUT2D eigenvalue weighted by molar-refractivity contribution is 7.10. The topological polar surface area (TPSA) is 160 Å². The Labute approximate surface area is 159 Å². The number of amides is 2. The number of nitrogens with two attached hydrogens (primary N) is 2. The molecule has 0 bridgehead atoms. The van der Waals surface area contributed by atoms with Gasteiger partial charge in [0.15, 0.2) is 17.3 Å². The second-order valence-electron chi connectivity index (χ2n) is 5.85. The second-order valence-corrected chi connectivity index (χ2v) is 6.65. The van der Waals surface area contributed by atoms with Gasteiger partial charge >= 0.3 is 0 Å². The molecule has 1 atom stereocenters. The molecule has 0 saturated heterocycles. The molecule has 0 aromatic carbocycles. The van der Waals surface area contributed by atoms with Crippen molar-refractivity contribution in [1.82, 2.24) is 19.2 Å². The van der Waals surface area contributed by atoms with E-state index in [0.717, 1.165) is 17.8 Å². The van der Waals surface area contributed by atoms with Crippen LogP contribution in [0.4, 0.5) is 16.6 Å². The monoisotopic (exact) mass is 392 g/mol. The molecule has 0 aliphatic carbocycles. The summed E-state index contributed by atoms with van der Waals surface area (Å²) < 4.78 is 4.07. The van der Waals surface area contributed by atoms with Crippen LogP contribution in [-0.4, -0.2) is 57.5 Å². The molecule has 0 aliphatic rings. The highest BCUT2D eigenvalue weighted by Crippen LogP contribution is 2.25. The van der Waals surface area contributed by atoms with Crippen LogP contribution in [0.5, 0.6) is 0 Å². The van der Waals surface area contributed by atoms with Crippen LogP contribution in [0.1, 0.15) is 34.3 Å². The van der Waals surface area contributed by atoms with Gasteiger partial charge in [0.25, 0.3) is 11.8 Å². The SMILES string of the molecule is CC(CC=O)N(N)c1cnc(C(N)=O)c(Nc2cc(C(=O)N(C)C)ns2)n1. The lowest BCUT2D eigenvalue weighted by atomic mass is 10.2. The Balaban J connectivity index is 2.33. The van der Waals surface area contributed by atoms with Crippen LogP contribution in [0.3, 0.4) is 0 Å². The number of carbonyl (C=O) groups is 3. The smallest absolute Gasteiger partial charge is 0.273 e. The molecule has 2 aromatic heterocycles. The van der Waals surface area contributed by atoms with Crippen LogP contribution in [-0.2, 0) is 4.79 Å². The third-order valence-corrected chi connectivity index (χ3v) is 4.25. The van der Waals surface area contributed by atoms with Crippen LogP contribution in [0.2, 0.25) is 0 Å². The molecule has 0 saturated carbocycles. The van der Waals surface area contributed by atoms with Gasteiger partial charge in [0.2, 0.25) is 0 Å². The number of hydrazine groups is 1. The highest BCUT2D eigenvalue weighted by Gasteiger charge is 2.19. The first-order chi connectivity index (χ1) is 12.7. The summed E-state index contributed by atoms with van der Waals surface area (Å²) in [5.74, 6) is 5.23. The Morgan fingerprint density at radius 2 is 2.11 bits per heavy atom. The molecule has 27 heavy (non-hydrogen) atoms. The van der Waals surface area contributed by atoms with Gasteiger partial charge in [-0.25, -0.2) is 15.8 Å². The normalized spacial score (nSPS) is 11.6. The predicted molar refractivity (Wildman–Crippen MR) is 101 cm³/mol. The molecule has 144 valence electrons. The Kier molecular flexibility index (Phi) is 6.36. The number of aldehydes is 1. The van der Waals surface area contributed by atoms with Crippen molar-refractivity contribution < 1.29 is 14.4 Å². The number of nitrogens with one attached hydrogen (secondary N) is 1. The average Bonchev–Trinajstić information content (AvgIpc) is 3.08. The van der Waals surface area contributed by atoms with Gasteiger partial charge in [0.05, 0.1) is 12.2 Å². The van der Waals surface area contributed by atoms with Crippen molar-refractivity contribution in [2.45, 2.75) is 19.4 Å². The Hall–Kier alpha value is -3.12. The Morgan fingerprint density at radius 1 is 1.41 bits per heavy atom.